The van der Waals surface area contributed by atoms with Crippen LogP contribution in [0.3, 0.4) is 0 Å². The smallest absolute Gasteiger partial charge is 0.306 e. The Morgan fingerprint density at radius 3 is 1.95 bits per heavy atom. The molecule has 0 saturated carbocycles. The second-order valence-electron chi connectivity index (χ2n) is 10.4. The fraction of sp³-hybridized carbons (Fsp3) is 0.321. The first-order valence-electron chi connectivity index (χ1n) is 12.3. The normalized spacial score (nSPS) is 23.8. The van der Waals surface area contributed by atoms with Gasteiger partial charge in [0.2, 0.25) is 10.0 Å². The first-order valence-corrected chi connectivity index (χ1v) is 15.2. The lowest BCUT2D eigenvalue weighted by Crippen LogP contribution is -2.57. The molecule has 5 rings (SSSR count). The van der Waals surface area contributed by atoms with E-state index in [1.54, 1.807) is 72.8 Å². The van der Waals surface area contributed by atoms with E-state index in [2.05, 4.69) is 0 Å². The van der Waals surface area contributed by atoms with Crippen molar-refractivity contribution in [3.63, 3.8) is 0 Å². The number of anilines is 1. The number of piperidine rings is 1. The molecule has 1 fully saturated rings. The number of fused-ring (bicyclic) bond motifs is 2. The Bertz CT molecular complexity index is 1560. The standard InChI is InChI=1S/C28H30N2O6S2/c1-27(17-26(31)36-2)18-28(20-29(19-27)37(32,33)22-11-5-3-6-12-22)21-30(25-16-10-9-15-24(25)28)38(34,35)23-13-7-4-8-14-23/h3-16H,17-21H2,1-2H3/t27-,28+/m0/s1. The second-order valence-corrected chi connectivity index (χ2v) is 14.2. The molecule has 38 heavy (non-hydrogen) atoms. The molecule has 10 heteroatoms. The van der Waals surface area contributed by atoms with Crippen LogP contribution in [0.15, 0.2) is 94.7 Å². The lowest BCUT2D eigenvalue weighted by Gasteiger charge is -2.49. The van der Waals surface area contributed by atoms with Gasteiger partial charge in [-0.05, 0) is 47.7 Å². The summed E-state index contributed by atoms with van der Waals surface area (Å²) in [4.78, 5) is 12.8. The van der Waals surface area contributed by atoms with Crippen LogP contribution in [0.5, 0.6) is 0 Å². The summed E-state index contributed by atoms with van der Waals surface area (Å²) in [5.41, 5.74) is -0.395. The first-order chi connectivity index (χ1) is 18.0. The highest BCUT2D eigenvalue weighted by Gasteiger charge is 2.56. The maximum Gasteiger partial charge on any atom is 0.306 e. The van der Waals surface area contributed by atoms with Crippen molar-refractivity contribution >= 4 is 31.7 Å². The Kier molecular flexibility index (Phi) is 6.61. The Morgan fingerprint density at radius 2 is 1.34 bits per heavy atom. The van der Waals surface area contributed by atoms with Crippen molar-refractivity contribution < 1.29 is 26.4 Å². The monoisotopic (exact) mass is 554 g/mol. The van der Waals surface area contributed by atoms with Gasteiger partial charge in [0.15, 0.2) is 0 Å². The van der Waals surface area contributed by atoms with Gasteiger partial charge in [-0.1, -0.05) is 61.5 Å². The zero-order valence-electron chi connectivity index (χ0n) is 21.3. The van der Waals surface area contributed by atoms with E-state index in [4.69, 9.17) is 4.74 Å². The lowest BCUT2D eigenvalue weighted by atomic mass is 9.65. The number of sulfonamides is 2. The number of para-hydroxylation sites is 1. The van der Waals surface area contributed by atoms with Crippen LogP contribution >= 0.6 is 0 Å². The summed E-state index contributed by atoms with van der Waals surface area (Å²) in [5.74, 6) is -0.443. The van der Waals surface area contributed by atoms with Gasteiger partial charge in [0, 0.05) is 25.0 Å². The third-order valence-corrected chi connectivity index (χ3v) is 11.1. The number of carbonyl (C=O) groups is 1. The van der Waals surface area contributed by atoms with E-state index in [0.717, 1.165) is 5.56 Å². The van der Waals surface area contributed by atoms with Crippen molar-refractivity contribution in [2.45, 2.75) is 35.0 Å². The summed E-state index contributed by atoms with van der Waals surface area (Å²) in [6.45, 7) is 2.12. The molecule has 1 saturated heterocycles. The molecule has 2 heterocycles. The number of benzene rings is 3. The molecule has 0 N–H and O–H groups in total. The molecular weight excluding hydrogens is 524 g/mol. The van der Waals surface area contributed by atoms with Gasteiger partial charge in [-0.25, -0.2) is 16.8 Å². The molecule has 2 aliphatic heterocycles. The molecule has 0 radical (unpaired) electrons. The minimum Gasteiger partial charge on any atom is -0.469 e. The summed E-state index contributed by atoms with van der Waals surface area (Å²) in [7, 11) is -6.55. The highest BCUT2D eigenvalue weighted by molar-refractivity contribution is 7.92. The third kappa shape index (κ3) is 4.50. The van der Waals surface area contributed by atoms with Gasteiger partial charge in [-0.15, -0.1) is 0 Å². The minimum atomic E-state index is -3.93. The van der Waals surface area contributed by atoms with Crippen molar-refractivity contribution in [2.24, 2.45) is 5.41 Å². The van der Waals surface area contributed by atoms with Crippen molar-refractivity contribution in [1.29, 1.82) is 0 Å². The van der Waals surface area contributed by atoms with E-state index in [-0.39, 0.29) is 35.8 Å². The Morgan fingerprint density at radius 1 is 0.789 bits per heavy atom. The number of carbonyl (C=O) groups excluding carboxylic acids is 1. The Balaban J connectivity index is 1.64. The molecule has 0 aromatic heterocycles. The maximum absolute atomic E-state index is 13.9. The minimum absolute atomic E-state index is 0.000335. The molecule has 3 aromatic carbocycles. The average Bonchev–Trinajstić information content (AvgIpc) is 3.23. The van der Waals surface area contributed by atoms with Gasteiger partial charge >= 0.3 is 5.97 Å². The van der Waals surface area contributed by atoms with E-state index >= 15 is 0 Å². The van der Waals surface area contributed by atoms with Crippen molar-refractivity contribution in [3.8, 4) is 0 Å². The van der Waals surface area contributed by atoms with E-state index < -0.39 is 36.8 Å². The summed E-state index contributed by atoms with van der Waals surface area (Å²) in [6, 6.07) is 23.6. The third-order valence-electron chi connectivity index (χ3n) is 7.50. The van der Waals surface area contributed by atoms with Crippen molar-refractivity contribution in [1.82, 2.24) is 4.31 Å². The van der Waals surface area contributed by atoms with Gasteiger partial charge in [-0.2, -0.15) is 4.31 Å². The number of rotatable bonds is 6. The summed E-state index contributed by atoms with van der Waals surface area (Å²) in [5, 5.41) is 0. The zero-order chi connectivity index (χ0) is 27.2. The van der Waals surface area contributed by atoms with Crippen LogP contribution in [-0.2, 0) is 35.0 Å². The summed E-state index contributed by atoms with van der Waals surface area (Å²) in [6.07, 6.45) is 0.410. The van der Waals surface area contributed by atoms with E-state index in [0.29, 0.717) is 12.1 Å². The van der Waals surface area contributed by atoms with Gasteiger partial charge in [0.25, 0.3) is 10.0 Å². The molecular formula is C28H30N2O6S2. The predicted octanol–water partition coefficient (Wildman–Crippen LogP) is 3.80. The predicted molar refractivity (Wildman–Crippen MR) is 144 cm³/mol. The van der Waals surface area contributed by atoms with Gasteiger partial charge in [-0.3, -0.25) is 9.10 Å². The van der Waals surface area contributed by atoms with E-state index in [1.165, 1.54) is 15.7 Å². The number of nitrogens with zero attached hydrogens (tertiary/aromatic N) is 2. The molecule has 1 spiro atoms. The van der Waals surface area contributed by atoms with Crippen LogP contribution in [0.4, 0.5) is 5.69 Å². The zero-order valence-corrected chi connectivity index (χ0v) is 22.9. The SMILES string of the molecule is COC(=O)C[C@]1(C)CN(S(=O)(=O)c2ccccc2)C[C@@]2(CN(S(=O)(=O)c3ccccc3)c3ccccc32)C1. The average molecular weight is 555 g/mol. The topological polar surface area (TPSA) is 101 Å². The fourth-order valence-corrected chi connectivity index (χ4v) is 9.29. The quantitative estimate of drug-likeness (QED) is 0.430. The lowest BCUT2D eigenvalue weighted by molar-refractivity contribution is -0.144. The molecule has 2 atom stereocenters. The Labute approximate surface area is 223 Å². The maximum atomic E-state index is 13.9. The van der Waals surface area contributed by atoms with Crippen LogP contribution in [0.2, 0.25) is 0 Å². The molecule has 8 nitrogen and oxygen atoms in total. The molecule has 200 valence electrons. The second kappa shape index (κ2) is 9.52. The molecule has 0 amide bonds. The van der Waals surface area contributed by atoms with E-state index in [9.17, 15) is 21.6 Å². The van der Waals surface area contributed by atoms with Gasteiger partial charge in [0.05, 0.1) is 29.0 Å². The van der Waals surface area contributed by atoms with Crippen LogP contribution < -0.4 is 4.31 Å². The van der Waals surface area contributed by atoms with Gasteiger partial charge in [0.1, 0.15) is 0 Å². The molecule has 3 aromatic rings. The highest BCUT2D eigenvalue weighted by atomic mass is 32.2. The van der Waals surface area contributed by atoms with Crippen LogP contribution in [0.25, 0.3) is 0 Å². The summed E-state index contributed by atoms with van der Waals surface area (Å²) >= 11 is 0. The molecule has 0 aliphatic carbocycles. The van der Waals surface area contributed by atoms with Gasteiger partial charge < -0.3 is 4.74 Å². The summed E-state index contributed by atoms with van der Waals surface area (Å²) < 4.78 is 63.1. The van der Waals surface area contributed by atoms with Crippen LogP contribution in [-0.4, -0.2) is 53.9 Å². The van der Waals surface area contributed by atoms with Crippen molar-refractivity contribution in [3.05, 3.63) is 90.5 Å². The highest BCUT2D eigenvalue weighted by Crippen LogP contribution is 2.53. The Hall–Kier alpha value is -3.21. The number of methoxy groups -OCH3 is 1. The largest absolute Gasteiger partial charge is 0.469 e. The number of ether oxygens (including phenoxy) is 1. The van der Waals surface area contributed by atoms with Crippen molar-refractivity contribution in [2.75, 3.05) is 31.0 Å². The molecule has 2 aliphatic rings. The number of esters is 1. The number of hydrogen-bond donors (Lipinski definition) is 0. The molecule has 0 unspecified atom stereocenters. The number of hydrogen-bond acceptors (Lipinski definition) is 6. The van der Waals surface area contributed by atoms with Crippen LogP contribution in [0.1, 0.15) is 25.3 Å². The van der Waals surface area contributed by atoms with Crippen LogP contribution in [0, 0.1) is 5.41 Å². The first kappa shape index (κ1) is 26.4. The van der Waals surface area contributed by atoms with E-state index in [1.807, 2.05) is 19.1 Å². The molecule has 0 bridgehead atoms. The fourth-order valence-electron chi connectivity index (χ4n) is 6.00.